The van der Waals surface area contributed by atoms with E-state index in [0.29, 0.717) is 15.8 Å². The number of nitrogens with one attached hydrogen (secondary N) is 1. The Bertz CT molecular complexity index is 759. The lowest BCUT2D eigenvalue weighted by molar-refractivity contribution is -0.123. The SMILES string of the molecule is Cc1cc(C)c([C@@H](C)NC(=O)COc2ccc(Cl)cc2Cl)cc1C. The topological polar surface area (TPSA) is 38.3 Å². The fraction of sp³-hybridized carbons (Fsp3) is 0.316. The molecule has 0 unspecified atom stereocenters. The van der Waals surface area contributed by atoms with Gasteiger partial charge in [-0.3, -0.25) is 4.79 Å². The molecule has 0 heterocycles. The first-order valence-electron chi connectivity index (χ1n) is 7.73. The van der Waals surface area contributed by atoms with Gasteiger partial charge in [0.2, 0.25) is 0 Å². The Morgan fingerprint density at radius 3 is 2.42 bits per heavy atom. The minimum atomic E-state index is -0.203. The van der Waals surface area contributed by atoms with E-state index in [2.05, 4.69) is 38.2 Å². The van der Waals surface area contributed by atoms with E-state index in [4.69, 9.17) is 27.9 Å². The van der Waals surface area contributed by atoms with E-state index in [9.17, 15) is 4.79 Å². The van der Waals surface area contributed by atoms with Gasteiger partial charge < -0.3 is 10.1 Å². The molecule has 1 N–H and O–H groups in total. The molecule has 1 amide bonds. The van der Waals surface area contributed by atoms with Crippen molar-refractivity contribution in [1.82, 2.24) is 5.32 Å². The third kappa shape index (κ3) is 4.65. The molecule has 2 aromatic carbocycles. The van der Waals surface area contributed by atoms with Crippen LogP contribution in [-0.4, -0.2) is 12.5 Å². The van der Waals surface area contributed by atoms with Crippen LogP contribution in [-0.2, 0) is 4.79 Å². The molecule has 0 saturated carbocycles. The van der Waals surface area contributed by atoms with Gasteiger partial charge in [0, 0.05) is 5.02 Å². The van der Waals surface area contributed by atoms with Crippen LogP contribution >= 0.6 is 23.2 Å². The van der Waals surface area contributed by atoms with Crippen molar-refractivity contribution in [3.05, 3.63) is 62.6 Å². The first-order valence-corrected chi connectivity index (χ1v) is 8.48. The van der Waals surface area contributed by atoms with Crippen LogP contribution in [0.1, 0.15) is 35.2 Å². The summed E-state index contributed by atoms with van der Waals surface area (Å²) in [5.74, 6) is 0.234. The predicted octanol–water partition coefficient (Wildman–Crippen LogP) is 5.17. The lowest BCUT2D eigenvalue weighted by atomic mass is 9.96. The lowest BCUT2D eigenvalue weighted by Crippen LogP contribution is -2.31. The molecule has 128 valence electrons. The number of rotatable bonds is 5. The second-order valence-electron chi connectivity index (χ2n) is 5.95. The molecule has 0 aliphatic rings. The summed E-state index contributed by atoms with van der Waals surface area (Å²) >= 11 is 11.9. The maximum Gasteiger partial charge on any atom is 0.258 e. The molecule has 5 heteroatoms. The fourth-order valence-corrected chi connectivity index (χ4v) is 3.01. The summed E-state index contributed by atoms with van der Waals surface area (Å²) in [6.07, 6.45) is 0. The average molecular weight is 366 g/mol. The zero-order valence-electron chi connectivity index (χ0n) is 14.2. The Hall–Kier alpha value is -1.71. The zero-order chi connectivity index (χ0) is 17.9. The van der Waals surface area contributed by atoms with Crippen LogP contribution in [0.25, 0.3) is 0 Å². The van der Waals surface area contributed by atoms with E-state index >= 15 is 0 Å². The number of aryl methyl sites for hydroxylation is 3. The van der Waals surface area contributed by atoms with E-state index < -0.39 is 0 Å². The number of carbonyl (C=O) groups is 1. The molecule has 0 aliphatic heterocycles. The Kier molecular flexibility index (Phi) is 6.14. The highest BCUT2D eigenvalue weighted by molar-refractivity contribution is 6.35. The molecule has 3 nitrogen and oxygen atoms in total. The number of hydrogen-bond donors (Lipinski definition) is 1. The summed E-state index contributed by atoms with van der Waals surface area (Å²) in [5.41, 5.74) is 4.72. The molecule has 24 heavy (non-hydrogen) atoms. The Balaban J connectivity index is 1.98. The molecule has 0 aliphatic carbocycles. The molecular weight excluding hydrogens is 345 g/mol. The van der Waals surface area contributed by atoms with E-state index in [-0.39, 0.29) is 18.6 Å². The van der Waals surface area contributed by atoms with Crippen LogP contribution in [0.15, 0.2) is 30.3 Å². The smallest absolute Gasteiger partial charge is 0.258 e. The molecule has 0 bridgehead atoms. The van der Waals surface area contributed by atoms with Gasteiger partial charge >= 0.3 is 0 Å². The van der Waals surface area contributed by atoms with Crippen LogP contribution in [0.2, 0.25) is 10.0 Å². The van der Waals surface area contributed by atoms with Crippen LogP contribution in [0, 0.1) is 20.8 Å². The summed E-state index contributed by atoms with van der Waals surface area (Å²) in [6, 6.07) is 9.05. The number of ether oxygens (including phenoxy) is 1. The predicted molar refractivity (Wildman–Crippen MR) is 99.2 cm³/mol. The van der Waals surface area contributed by atoms with Crippen molar-refractivity contribution in [2.45, 2.75) is 33.7 Å². The minimum absolute atomic E-state index is 0.0962. The van der Waals surface area contributed by atoms with Gasteiger partial charge in [0.15, 0.2) is 6.61 Å². The highest BCUT2D eigenvalue weighted by atomic mass is 35.5. The standard InChI is InChI=1S/C19H21Cl2NO2/c1-11-7-13(3)16(8-12(11)2)14(4)22-19(23)10-24-18-6-5-15(20)9-17(18)21/h5-9,14H,10H2,1-4H3,(H,22,23)/t14-/m1/s1. The number of halogens is 2. The lowest BCUT2D eigenvalue weighted by Gasteiger charge is -2.18. The maximum atomic E-state index is 12.1. The van der Waals surface area contributed by atoms with Crippen molar-refractivity contribution < 1.29 is 9.53 Å². The minimum Gasteiger partial charge on any atom is -0.482 e. The van der Waals surface area contributed by atoms with E-state index in [0.717, 1.165) is 11.1 Å². The summed E-state index contributed by atoms with van der Waals surface area (Å²) in [4.78, 5) is 12.1. The molecule has 0 spiro atoms. The normalized spacial score (nSPS) is 11.9. The van der Waals surface area contributed by atoms with Crippen LogP contribution in [0.3, 0.4) is 0 Å². The third-order valence-electron chi connectivity index (χ3n) is 3.98. The summed E-state index contributed by atoms with van der Waals surface area (Å²) < 4.78 is 5.46. The molecule has 0 aromatic heterocycles. The Morgan fingerprint density at radius 2 is 1.75 bits per heavy atom. The molecule has 0 fully saturated rings. The molecular formula is C19H21Cl2NO2. The van der Waals surface area contributed by atoms with Gasteiger partial charge in [-0.2, -0.15) is 0 Å². The average Bonchev–Trinajstić information content (AvgIpc) is 2.50. The number of hydrogen-bond acceptors (Lipinski definition) is 2. The van der Waals surface area contributed by atoms with Gasteiger partial charge in [0.25, 0.3) is 5.91 Å². The van der Waals surface area contributed by atoms with Crippen molar-refractivity contribution >= 4 is 29.1 Å². The monoisotopic (exact) mass is 365 g/mol. The first-order chi connectivity index (χ1) is 11.3. The summed E-state index contributed by atoms with van der Waals surface area (Å²) in [6.45, 7) is 8.06. The Labute approximate surface area is 152 Å². The molecule has 1 atom stereocenters. The van der Waals surface area contributed by atoms with E-state index in [1.165, 1.54) is 11.1 Å². The van der Waals surface area contributed by atoms with Crippen molar-refractivity contribution in [3.63, 3.8) is 0 Å². The molecule has 2 aromatic rings. The quantitative estimate of drug-likeness (QED) is 0.792. The van der Waals surface area contributed by atoms with Gasteiger partial charge in [-0.1, -0.05) is 35.3 Å². The second-order valence-corrected chi connectivity index (χ2v) is 6.79. The van der Waals surface area contributed by atoms with Gasteiger partial charge in [-0.15, -0.1) is 0 Å². The summed E-state index contributed by atoms with van der Waals surface area (Å²) in [5, 5.41) is 3.86. The second kappa shape index (κ2) is 7.91. The van der Waals surface area contributed by atoms with Crippen molar-refractivity contribution in [2.75, 3.05) is 6.61 Å². The maximum absolute atomic E-state index is 12.1. The number of benzene rings is 2. The number of amides is 1. The van der Waals surface area contributed by atoms with Crippen molar-refractivity contribution in [3.8, 4) is 5.75 Å². The molecule has 2 rings (SSSR count). The van der Waals surface area contributed by atoms with Crippen molar-refractivity contribution in [2.24, 2.45) is 0 Å². The van der Waals surface area contributed by atoms with Gasteiger partial charge in [-0.25, -0.2) is 0 Å². The van der Waals surface area contributed by atoms with Crippen LogP contribution in [0.5, 0.6) is 5.75 Å². The third-order valence-corrected chi connectivity index (χ3v) is 4.51. The van der Waals surface area contributed by atoms with Crippen LogP contribution in [0.4, 0.5) is 0 Å². The first kappa shape index (κ1) is 18.6. The van der Waals surface area contributed by atoms with E-state index in [1.54, 1.807) is 18.2 Å². The van der Waals surface area contributed by atoms with Gasteiger partial charge in [0.1, 0.15) is 5.75 Å². The van der Waals surface area contributed by atoms with E-state index in [1.807, 2.05) is 6.92 Å². The van der Waals surface area contributed by atoms with Gasteiger partial charge in [-0.05, 0) is 68.1 Å². The molecule has 0 radical (unpaired) electrons. The van der Waals surface area contributed by atoms with Crippen LogP contribution < -0.4 is 10.1 Å². The molecule has 0 saturated heterocycles. The highest BCUT2D eigenvalue weighted by Crippen LogP contribution is 2.27. The Morgan fingerprint density at radius 1 is 1.08 bits per heavy atom. The summed E-state index contributed by atoms with van der Waals surface area (Å²) in [7, 11) is 0. The fourth-order valence-electron chi connectivity index (χ4n) is 2.55. The van der Waals surface area contributed by atoms with Gasteiger partial charge in [0.05, 0.1) is 11.1 Å². The largest absolute Gasteiger partial charge is 0.482 e. The number of carbonyl (C=O) groups excluding carboxylic acids is 1. The van der Waals surface area contributed by atoms with Crippen molar-refractivity contribution in [1.29, 1.82) is 0 Å². The highest BCUT2D eigenvalue weighted by Gasteiger charge is 2.14. The zero-order valence-corrected chi connectivity index (χ0v) is 15.8.